The van der Waals surface area contributed by atoms with Gasteiger partial charge in [0.25, 0.3) is 0 Å². The maximum atomic E-state index is 4.66. The number of anilines is 1. The largest absolute Gasteiger partial charge is 0.368 e. The number of aromatic nitrogens is 6. The number of rotatable bonds is 5. The Morgan fingerprint density at radius 1 is 1.07 bits per heavy atom. The van der Waals surface area contributed by atoms with Crippen LogP contribution in [0, 0.1) is 0 Å². The van der Waals surface area contributed by atoms with E-state index in [2.05, 4.69) is 59.6 Å². The Labute approximate surface area is 158 Å². The van der Waals surface area contributed by atoms with Gasteiger partial charge in [-0.3, -0.25) is 0 Å². The van der Waals surface area contributed by atoms with E-state index in [0.717, 1.165) is 40.2 Å². The first kappa shape index (κ1) is 15.8. The molecule has 0 fully saturated rings. The Hall–Kier alpha value is -3.39. The van der Waals surface area contributed by atoms with E-state index in [1.165, 1.54) is 28.6 Å². The van der Waals surface area contributed by atoms with Crippen LogP contribution in [0.3, 0.4) is 0 Å². The molecule has 132 valence electrons. The van der Waals surface area contributed by atoms with E-state index >= 15 is 0 Å². The highest BCUT2D eigenvalue weighted by molar-refractivity contribution is 7.16. The molecular weight excluding hydrogens is 358 g/mol. The van der Waals surface area contributed by atoms with E-state index in [9.17, 15) is 0 Å². The summed E-state index contributed by atoms with van der Waals surface area (Å²) in [4.78, 5) is 25.9. The van der Waals surface area contributed by atoms with Crippen LogP contribution in [-0.4, -0.2) is 36.4 Å². The second kappa shape index (κ2) is 6.73. The van der Waals surface area contributed by atoms with Crippen LogP contribution in [0.25, 0.3) is 32.6 Å². The lowest BCUT2D eigenvalue weighted by molar-refractivity contribution is 1.01. The third-order valence-electron chi connectivity index (χ3n) is 4.38. The van der Waals surface area contributed by atoms with E-state index in [1.807, 2.05) is 6.07 Å². The number of hydrogen-bond acceptors (Lipinski definition) is 7. The van der Waals surface area contributed by atoms with Crippen molar-refractivity contribution < 1.29 is 0 Å². The van der Waals surface area contributed by atoms with Crippen molar-refractivity contribution in [1.82, 2.24) is 29.9 Å². The molecule has 0 aliphatic heterocycles. The van der Waals surface area contributed by atoms with Gasteiger partial charge in [0.05, 0.1) is 11.1 Å². The minimum absolute atomic E-state index is 0.599. The van der Waals surface area contributed by atoms with Gasteiger partial charge in [0.1, 0.15) is 16.7 Å². The van der Waals surface area contributed by atoms with Gasteiger partial charge in [-0.05, 0) is 18.1 Å². The summed E-state index contributed by atoms with van der Waals surface area (Å²) in [7, 11) is 0. The fourth-order valence-electron chi connectivity index (χ4n) is 3.08. The molecule has 7 nitrogen and oxygen atoms in total. The van der Waals surface area contributed by atoms with E-state index < -0.39 is 0 Å². The van der Waals surface area contributed by atoms with Gasteiger partial charge in [0.15, 0.2) is 11.6 Å². The van der Waals surface area contributed by atoms with Gasteiger partial charge in [-0.1, -0.05) is 18.2 Å². The van der Waals surface area contributed by atoms with Gasteiger partial charge in [0.2, 0.25) is 0 Å². The van der Waals surface area contributed by atoms with Gasteiger partial charge in [-0.2, -0.15) is 0 Å². The summed E-state index contributed by atoms with van der Waals surface area (Å²) in [5.74, 6) is 1.34. The molecule has 0 radical (unpaired) electrons. The first-order chi connectivity index (χ1) is 13.4. The summed E-state index contributed by atoms with van der Waals surface area (Å²) in [5.41, 5.74) is 5.79. The van der Waals surface area contributed by atoms with Crippen LogP contribution in [0.5, 0.6) is 0 Å². The molecule has 27 heavy (non-hydrogen) atoms. The normalized spacial score (nSPS) is 11.3. The second-order valence-electron chi connectivity index (χ2n) is 6.07. The molecular formula is C19H15N7S. The van der Waals surface area contributed by atoms with Crippen molar-refractivity contribution in [1.29, 1.82) is 0 Å². The van der Waals surface area contributed by atoms with Crippen molar-refractivity contribution in [2.45, 2.75) is 6.42 Å². The monoisotopic (exact) mass is 373 g/mol. The summed E-state index contributed by atoms with van der Waals surface area (Å²) >= 11 is 1.50. The van der Waals surface area contributed by atoms with E-state index in [-0.39, 0.29) is 0 Å². The maximum Gasteiger partial charge on any atom is 0.166 e. The van der Waals surface area contributed by atoms with Crippen molar-refractivity contribution in [3.63, 3.8) is 0 Å². The van der Waals surface area contributed by atoms with Crippen LogP contribution in [0.4, 0.5) is 5.82 Å². The van der Waals surface area contributed by atoms with Gasteiger partial charge in [0, 0.05) is 36.0 Å². The Balaban J connectivity index is 1.42. The van der Waals surface area contributed by atoms with Gasteiger partial charge < -0.3 is 10.3 Å². The average molecular weight is 373 g/mol. The smallest absolute Gasteiger partial charge is 0.166 e. The molecule has 5 aromatic rings. The van der Waals surface area contributed by atoms with E-state index in [4.69, 9.17) is 0 Å². The zero-order valence-corrected chi connectivity index (χ0v) is 15.1. The number of fused-ring (bicyclic) bond motifs is 2. The SMILES string of the molecule is c1ccc2c(CCNc3nc(-c4cncnc4)nc4scnc34)c[nH]c2c1. The number of thiazole rings is 1. The van der Waals surface area contributed by atoms with Gasteiger partial charge >= 0.3 is 0 Å². The Kier molecular flexibility index (Phi) is 3.95. The predicted octanol–water partition coefficient (Wildman–Crippen LogP) is 3.68. The molecule has 0 saturated carbocycles. The summed E-state index contributed by atoms with van der Waals surface area (Å²) < 4.78 is 0. The standard InChI is InChI=1S/C19H15N7S/c1-2-4-15-14(3-1)12(9-23-15)5-6-22-18-16-19(27-11-24-16)26-17(25-18)13-7-20-10-21-8-13/h1-4,7-11,23H,5-6H2,(H,22,25,26). The fourth-order valence-corrected chi connectivity index (χ4v) is 3.74. The topological polar surface area (TPSA) is 92.3 Å². The van der Waals surface area contributed by atoms with Crippen LogP contribution >= 0.6 is 11.3 Å². The Morgan fingerprint density at radius 3 is 2.89 bits per heavy atom. The van der Waals surface area contributed by atoms with Crippen LogP contribution in [0.15, 0.2) is 54.7 Å². The highest BCUT2D eigenvalue weighted by Crippen LogP contribution is 2.26. The molecule has 0 spiro atoms. The van der Waals surface area contributed by atoms with E-state index in [0.29, 0.717) is 5.82 Å². The Bertz CT molecular complexity index is 1210. The third-order valence-corrected chi connectivity index (χ3v) is 5.10. The van der Waals surface area contributed by atoms with Crippen LogP contribution < -0.4 is 5.32 Å². The first-order valence-corrected chi connectivity index (χ1v) is 9.42. The van der Waals surface area contributed by atoms with Gasteiger partial charge in [-0.25, -0.2) is 24.9 Å². The van der Waals surface area contributed by atoms with Crippen LogP contribution in [-0.2, 0) is 6.42 Å². The molecule has 2 N–H and O–H groups in total. The lowest BCUT2D eigenvalue weighted by atomic mass is 10.1. The van der Waals surface area contributed by atoms with Crippen molar-refractivity contribution in [3.05, 3.63) is 60.3 Å². The fraction of sp³-hybridized carbons (Fsp3) is 0.105. The van der Waals surface area contributed by atoms with Crippen LogP contribution in [0.2, 0.25) is 0 Å². The number of nitrogens with zero attached hydrogens (tertiary/aromatic N) is 5. The molecule has 0 aliphatic carbocycles. The second-order valence-corrected chi connectivity index (χ2v) is 6.90. The molecule has 0 unspecified atom stereocenters. The number of H-pyrrole nitrogens is 1. The third kappa shape index (κ3) is 3.00. The summed E-state index contributed by atoms with van der Waals surface area (Å²) in [6, 6.07) is 8.32. The molecule has 5 rings (SSSR count). The predicted molar refractivity (Wildman–Crippen MR) is 107 cm³/mol. The summed E-state index contributed by atoms with van der Waals surface area (Å²) in [6.45, 7) is 0.746. The molecule has 0 aliphatic rings. The van der Waals surface area contributed by atoms with Crippen molar-refractivity contribution in [2.75, 3.05) is 11.9 Å². The number of nitrogens with one attached hydrogen (secondary N) is 2. The highest BCUT2D eigenvalue weighted by Gasteiger charge is 2.12. The average Bonchev–Trinajstić information content (AvgIpc) is 3.36. The minimum Gasteiger partial charge on any atom is -0.368 e. The zero-order chi connectivity index (χ0) is 18.1. The molecule has 0 bridgehead atoms. The molecule has 8 heteroatoms. The number of para-hydroxylation sites is 1. The van der Waals surface area contributed by atoms with Crippen molar-refractivity contribution in [2.24, 2.45) is 0 Å². The molecule has 0 atom stereocenters. The lowest BCUT2D eigenvalue weighted by Crippen LogP contribution is -2.08. The lowest BCUT2D eigenvalue weighted by Gasteiger charge is -2.08. The van der Waals surface area contributed by atoms with Crippen molar-refractivity contribution >= 4 is 38.4 Å². The number of hydrogen-bond donors (Lipinski definition) is 2. The molecule has 4 heterocycles. The molecule has 0 amide bonds. The zero-order valence-electron chi connectivity index (χ0n) is 14.3. The number of benzene rings is 1. The van der Waals surface area contributed by atoms with Gasteiger partial charge in [-0.15, -0.1) is 11.3 Å². The Morgan fingerprint density at radius 2 is 1.96 bits per heavy atom. The molecule has 0 saturated heterocycles. The summed E-state index contributed by atoms with van der Waals surface area (Å²) in [5, 5.41) is 4.68. The first-order valence-electron chi connectivity index (χ1n) is 8.54. The highest BCUT2D eigenvalue weighted by atomic mass is 32.1. The van der Waals surface area contributed by atoms with Crippen LogP contribution in [0.1, 0.15) is 5.56 Å². The summed E-state index contributed by atoms with van der Waals surface area (Å²) in [6.07, 6.45) is 7.87. The van der Waals surface area contributed by atoms with Crippen molar-refractivity contribution in [3.8, 4) is 11.4 Å². The molecule has 4 aromatic heterocycles. The molecule has 1 aromatic carbocycles. The number of aromatic amines is 1. The minimum atomic E-state index is 0.599. The maximum absolute atomic E-state index is 4.66. The van der Waals surface area contributed by atoms with E-state index in [1.54, 1.807) is 17.9 Å². The quantitative estimate of drug-likeness (QED) is 0.488.